The standard InChI is InChI=1S/C14H22/c1-7-12-8-10(2)11(3)13(9-12)14(4,5)6/h8-9H,7H2,1-6H3. The van der Waals surface area contributed by atoms with E-state index >= 15 is 0 Å². The maximum absolute atomic E-state index is 2.36. The van der Waals surface area contributed by atoms with Gasteiger partial charge in [-0.3, -0.25) is 0 Å². The van der Waals surface area contributed by atoms with Gasteiger partial charge < -0.3 is 0 Å². The number of benzene rings is 1. The lowest BCUT2D eigenvalue weighted by Gasteiger charge is -2.24. The summed E-state index contributed by atoms with van der Waals surface area (Å²) in [5, 5.41) is 0. The highest BCUT2D eigenvalue weighted by atomic mass is 14.2. The molecule has 14 heavy (non-hydrogen) atoms. The molecule has 0 heterocycles. The normalized spacial score (nSPS) is 11.9. The van der Waals surface area contributed by atoms with E-state index in [9.17, 15) is 0 Å². The van der Waals surface area contributed by atoms with Crippen LogP contribution in [0, 0.1) is 13.8 Å². The summed E-state index contributed by atoms with van der Waals surface area (Å²) in [6.45, 7) is 13.5. The zero-order chi connectivity index (χ0) is 10.9. The molecule has 0 unspecified atom stereocenters. The fourth-order valence-corrected chi connectivity index (χ4v) is 1.92. The van der Waals surface area contributed by atoms with Crippen LogP contribution >= 0.6 is 0 Å². The van der Waals surface area contributed by atoms with Crippen LogP contribution in [0.4, 0.5) is 0 Å². The third kappa shape index (κ3) is 2.17. The Kier molecular flexibility index (Phi) is 3.04. The smallest absolute Gasteiger partial charge is 0.0129 e. The van der Waals surface area contributed by atoms with E-state index in [0.29, 0.717) is 0 Å². The van der Waals surface area contributed by atoms with Crippen LogP contribution in [0.2, 0.25) is 0 Å². The van der Waals surface area contributed by atoms with Gasteiger partial charge in [0.05, 0.1) is 0 Å². The van der Waals surface area contributed by atoms with Crippen LogP contribution in [0.1, 0.15) is 49.9 Å². The molecule has 0 heteroatoms. The Morgan fingerprint density at radius 1 is 1.07 bits per heavy atom. The van der Waals surface area contributed by atoms with E-state index in [-0.39, 0.29) is 5.41 Å². The average Bonchev–Trinajstić information content (AvgIpc) is 2.07. The molecule has 0 bridgehead atoms. The minimum atomic E-state index is 0.264. The largest absolute Gasteiger partial charge is 0.0613 e. The summed E-state index contributed by atoms with van der Waals surface area (Å²) < 4.78 is 0. The average molecular weight is 190 g/mol. The van der Waals surface area contributed by atoms with Gasteiger partial charge in [-0.2, -0.15) is 0 Å². The predicted molar refractivity (Wildman–Crippen MR) is 64.0 cm³/mol. The lowest BCUT2D eigenvalue weighted by atomic mass is 9.81. The summed E-state index contributed by atoms with van der Waals surface area (Å²) in [7, 11) is 0. The molecular formula is C14H22. The highest BCUT2D eigenvalue weighted by Gasteiger charge is 2.17. The highest BCUT2D eigenvalue weighted by Crippen LogP contribution is 2.28. The van der Waals surface area contributed by atoms with E-state index in [1.807, 2.05) is 0 Å². The first kappa shape index (κ1) is 11.3. The van der Waals surface area contributed by atoms with Crippen molar-refractivity contribution in [2.45, 2.75) is 53.4 Å². The third-order valence-electron chi connectivity index (χ3n) is 2.94. The third-order valence-corrected chi connectivity index (χ3v) is 2.94. The van der Waals surface area contributed by atoms with Crippen LogP contribution in [-0.4, -0.2) is 0 Å². The molecule has 0 nitrogen and oxygen atoms in total. The van der Waals surface area contributed by atoms with Gasteiger partial charge in [0.2, 0.25) is 0 Å². The Bertz CT molecular complexity index is 327. The van der Waals surface area contributed by atoms with Crippen molar-refractivity contribution in [2.24, 2.45) is 0 Å². The van der Waals surface area contributed by atoms with Gasteiger partial charge in [-0.1, -0.05) is 39.8 Å². The zero-order valence-electron chi connectivity index (χ0n) is 10.4. The molecule has 0 aliphatic carbocycles. The van der Waals surface area contributed by atoms with Crippen molar-refractivity contribution in [1.29, 1.82) is 0 Å². The van der Waals surface area contributed by atoms with Gasteiger partial charge in [-0.15, -0.1) is 0 Å². The fourth-order valence-electron chi connectivity index (χ4n) is 1.92. The first-order chi connectivity index (χ1) is 6.36. The van der Waals surface area contributed by atoms with Gasteiger partial charge in [0, 0.05) is 0 Å². The SMILES string of the molecule is CCc1cc(C)c(C)c(C(C)(C)C)c1. The lowest BCUT2D eigenvalue weighted by molar-refractivity contribution is 0.584. The Morgan fingerprint density at radius 2 is 1.64 bits per heavy atom. The second kappa shape index (κ2) is 3.76. The first-order valence-electron chi connectivity index (χ1n) is 5.47. The van der Waals surface area contributed by atoms with Crippen molar-refractivity contribution < 1.29 is 0 Å². The Labute approximate surface area is 88.4 Å². The molecule has 1 aromatic rings. The second-order valence-corrected chi connectivity index (χ2v) is 5.19. The van der Waals surface area contributed by atoms with E-state index in [0.717, 1.165) is 6.42 Å². The molecule has 0 N–H and O–H groups in total. The van der Waals surface area contributed by atoms with Gasteiger partial charge in [0.25, 0.3) is 0 Å². The van der Waals surface area contributed by atoms with Gasteiger partial charge in [0.15, 0.2) is 0 Å². The van der Waals surface area contributed by atoms with Crippen LogP contribution < -0.4 is 0 Å². The Hall–Kier alpha value is -0.780. The number of hydrogen-bond donors (Lipinski definition) is 0. The zero-order valence-corrected chi connectivity index (χ0v) is 10.4. The molecule has 0 spiro atoms. The molecule has 1 rings (SSSR count). The molecule has 0 aliphatic rings. The van der Waals surface area contributed by atoms with E-state index in [1.54, 1.807) is 0 Å². The molecule has 0 amide bonds. The van der Waals surface area contributed by atoms with Gasteiger partial charge >= 0.3 is 0 Å². The quantitative estimate of drug-likeness (QED) is 0.623. The second-order valence-electron chi connectivity index (χ2n) is 5.19. The first-order valence-corrected chi connectivity index (χ1v) is 5.47. The van der Waals surface area contributed by atoms with Crippen molar-refractivity contribution >= 4 is 0 Å². The molecule has 0 radical (unpaired) electrons. The lowest BCUT2D eigenvalue weighted by Crippen LogP contribution is -2.14. The maximum atomic E-state index is 2.36. The predicted octanol–water partition coefficient (Wildman–Crippen LogP) is 4.16. The molecule has 0 atom stereocenters. The van der Waals surface area contributed by atoms with Gasteiger partial charge in [-0.25, -0.2) is 0 Å². The van der Waals surface area contributed by atoms with Crippen molar-refractivity contribution in [3.8, 4) is 0 Å². The molecule has 0 aliphatic heterocycles. The maximum Gasteiger partial charge on any atom is -0.0129 e. The minimum Gasteiger partial charge on any atom is -0.0613 e. The highest BCUT2D eigenvalue weighted by molar-refractivity contribution is 5.41. The number of rotatable bonds is 1. The van der Waals surface area contributed by atoms with Gasteiger partial charge in [0.1, 0.15) is 0 Å². The molecule has 78 valence electrons. The molecule has 0 saturated heterocycles. The monoisotopic (exact) mass is 190 g/mol. The molecule has 0 saturated carbocycles. The minimum absolute atomic E-state index is 0.264. The van der Waals surface area contributed by atoms with Gasteiger partial charge in [-0.05, 0) is 47.9 Å². The van der Waals surface area contributed by atoms with Crippen molar-refractivity contribution in [1.82, 2.24) is 0 Å². The summed E-state index contributed by atoms with van der Waals surface area (Å²) in [5.74, 6) is 0. The summed E-state index contributed by atoms with van der Waals surface area (Å²) in [5.41, 5.74) is 6.09. The Morgan fingerprint density at radius 3 is 2.07 bits per heavy atom. The topological polar surface area (TPSA) is 0 Å². The van der Waals surface area contributed by atoms with E-state index in [1.165, 1.54) is 22.3 Å². The summed E-state index contributed by atoms with van der Waals surface area (Å²) in [4.78, 5) is 0. The molecule has 0 fully saturated rings. The van der Waals surface area contributed by atoms with Crippen LogP contribution in [0.3, 0.4) is 0 Å². The fraction of sp³-hybridized carbons (Fsp3) is 0.571. The summed E-state index contributed by atoms with van der Waals surface area (Å²) in [6, 6.07) is 4.67. The van der Waals surface area contributed by atoms with E-state index < -0.39 is 0 Å². The van der Waals surface area contributed by atoms with Crippen LogP contribution in [-0.2, 0) is 11.8 Å². The summed E-state index contributed by atoms with van der Waals surface area (Å²) in [6.07, 6.45) is 1.13. The molecule has 0 aromatic heterocycles. The van der Waals surface area contributed by atoms with Crippen molar-refractivity contribution in [3.63, 3.8) is 0 Å². The molecular weight excluding hydrogens is 168 g/mol. The van der Waals surface area contributed by atoms with E-state index in [4.69, 9.17) is 0 Å². The summed E-state index contributed by atoms with van der Waals surface area (Å²) >= 11 is 0. The molecule has 1 aromatic carbocycles. The number of aryl methyl sites for hydroxylation is 2. The van der Waals surface area contributed by atoms with E-state index in [2.05, 4.69) is 53.7 Å². The van der Waals surface area contributed by atoms with Crippen LogP contribution in [0.15, 0.2) is 12.1 Å². The number of hydrogen-bond acceptors (Lipinski definition) is 0. The van der Waals surface area contributed by atoms with Crippen molar-refractivity contribution in [3.05, 3.63) is 34.4 Å². The van der Waals surface area contributed by atoms with Crippen LogP contribution in [0.5, 0.6) is 0 Å². The van der Waals surface area contributed by atoms with Crippen molar-refractivity contribution in [2.75, 3.05) is 0 Å². The Balaban J connectivity index is 3.35. The van der Waals surface area contributed by atoms with Crippen LogP contribution in [0.25, 0.3) is 0 Å².